The molecule has 86 valence electrons. The van der Waals surface area contributed by atoms with E-state index in [0.717, 1.165) is 17.3 Å². The third kappa shape index (κ3) is 2.50. The molecule has 1 heterocycles. The van der Waals surface area contributed by atoms with Gasteiger partial charge in [0.05, 0.1) is 0 Å². The lowest BCUT2D eigenvalue weighted by Gasteiger charge is -2.17. The van der Waals surface area contributed by atoms with E-state index in [0.29, 0.717) is 11.0 Å². The first kappa shape index (κ1) is 11.3. The highest BCUT2D eigenvalue weighted by Gasteiger charge is 2.23. The highest BCUT2D eigenvalue weighted by Crippen LogP contribution is 2.27. The van der Waals surface area contributed by atoms with Crippen molar-refractivity contribution >= 4 is 23.0 Å². The van der Waals surface area contributed by atoms with E-state index in [9.17, 15) is 0 Å². The average molecular weight is 235 g/mol. The predicted molar refractivity (Wildman–Crippen MR) is 70.6 cm³/mol. The Kier molecular flexibility index (Phi) is 3.39. The molecule has 3 N–H and O–H groups in total. The predicted octanol–water partition coefficient (Wildman–Crippen LogP) is 2.32. The minimum atomic E-state index is 0.397. The minimum Gasteiger partial charge on any atom is -0.389 e. The minimum absolute atomic E-state index is 0.397. The first-order valence-electron chi connectivity index (χ1n) is 5.69. The van der Waals surface area contributed by atoms with Gasteiger partial charge in [0.1, 0.15) is 10.8 Å². The Hall–Kier alpha value is -1.16. The van der Waals surface area contributed by atoms with E-state index in [1.165, 1.54) is 19.3 Å². The number of aromatic nitrogens is 1. The van der Waals surface area contributed by atoms with Crippen LogP contribution < -0.4 is 11.1 Å². The van der Waals surface area contributed by atoms with Gasteiger partial charge in [-0.1, -0.05) is 25.6 Å². The van der Waals surface area contributed by atoms with Crippen molar-refractivity contribution in [1.82, 2.24) is 4.98 Å². The molecule has 3 nitrogen and oxygen atoms in total. The molecule has 0 amide bonds. The Balaban J connectivity index is 2.02. The van der Waals surface area contributed by atoms with Crippen LogP contribution in [0.4, 0.5) is 5.82 Å². The molecule has 1 aromatic heterocycles. The molecule has 16 heavy (non-hydrogen) atoms. The zero-order valence-corrected chi connectivity index (χ0v) is 10.3. The number of rotatable bonds is 3. The molecular formula is C12H17N3S. The molecule has 2 rings (SSSR count). The summed E-state index contributed by atoms with van der Waals surface area (Å²) in [6, 6.07) is 4.42. The third-order valence-corrected chi connectivity index (χ3v) is 3.48. The molecule has 1 saturated carbocycles. The lowest BCUT2D eigenvalue weighted by Crippen LogP contribution is -2.22. The second kappa shape index (κ2) is 4.78. The Bertz CT molecular complexity index is 374. The molecule has 1 aromatic rings. The molecule has 4 heteroatoms. The van der Waals surface area contributed by atoms with Crippen molar-refractivity contribution in [2.75, 3.05) is 5.32 Å². The summed E-state index contributed by atoms with van der Waals surface area (Å²) in [7, 11) is 0. The zero-order chi connectivity index (χ0) is 11.5. The maximum Gasteiger partial charge on any atom is 0.126 e. The highest BCUT2D eigenvalue weighted by atomic mass is 32.1. The molecule has 0 aliphatic heterocycles. The summed E-state index contributed by atoms with van der Waals surface area (Å²) in [6.45, 7) is 2.29. The first-order valence-corrected chi connectivity index (χ1v) is 6.10. The van der Waals surface area contributed by atoms with Crippen molar-refractivity contribution in [2.45, 2.75) is 32.2 Å². The number of nitrogens with zero attached hydrogens (tertiary/aromatic N) is 1. The van der Waals surface area contributed by atoms with Crippen LogP contribution in [0.1, 0.15) is 31.7 Å². The molecule has 1 aliphatic rings. The SMILES string of the molecule is CC1CCCC1Nc1ccc(C(N)=S)cn1. The summed E-state index contributed by atoms with van der Waals surface area (Å²) in [5.41, 5.74) is 6.34. The van der Waals surface area contributed by atoms with Gasteiger partial charge in [0, 0.05) is 17.8 Å². The van der Waals surface area contributed by atoms with Crippen LogP contribution in [0.25, 0.3) is 0 Å². The zero-order valence-electron chi connectivity index (χ0n) is 9.44. The van der Waals surface area contributed by atoms with Crippen molar-refractivity contribution in [2.24, 2.45) is 11.7 Å². The Labute approximate surface area is 101 Å². The largest absolute Gasteiger partial charge is 0.389 e. The maximum absolute atomic E-state index is 5.52. The number of thiocarbonyl (C=S) groups is 1. The summed E-state index contributed by atoms with van der Waals surface area (Å²) < 4.78 is 0. The van der Waals surface area contributed by atoms with Crippen LogP contribution in [0.3, 0.4) is 0 Å². The summed E-state index contributed by atoms with van der Waals surface area (Å²) in [4.78, 5) is 4.72. The van der Waals surface area contributed by atoms with Crippen molar-refractivity contribution in [3.05, 3.63) is 23.9 Å². The number of nitrogens with two attached hydrogens (primary N) is 1. The van der Waals surface area contributed by atoms with E-state index in [-0.39, 0.29) is 0 Å². The number of nitrogens with one attached hydrogen (secondary N) is 1. The summed E-state index contributed by atoms with van der Waals surface area (Å²) in [5.74, 6) is 1.65. The Morgan fingerprint density at radius 1 is 1.50 bits per heavy atom. The van der Waals surface area contributed by atoms with E-state index in [2.05, 4.69) is 17.2 Å². The number of hydrogen-bond donors (Lipinski definition) is 2. The monoisotopic (exact) mass is 235 g/mol. The fraction of sp³-hybridized carbons (Fsp3) is 0.500. The number of pyridine rings is 1. The van der Waals surface area contributed by atoms with E-state index in [1.807, 2.05) is 12.1 Å². The second-order valence-electron chi connectivity index (χ2n) is 4.46. The van der Waals surface area contributed by atoms with Gasteiger partial charge in [-0.15, -0.1) is 0 Å². The van der Waals surface area contributed by atoms with Crippen LogP contribution in [0, 0.1) is 5.92 Å². The lowest BCUT2D eigenvalue weighted by molar-refractivity contribution is 0.555. The van der Waals surface area contributed by atoms with E-state index < -0.39 is 0 Å². The van der Waals surface area contributed by atoms with Gasteiger partial charge in [-0.05, 0) is 30.9 Å². The smallest absolute Gasteiger partial charge is 0.126 e. The molecule has 0 saturated heterocycles. The average Bonchev–Trinajstić information content (AvgIpc) is 2.65. The van der Waals surface area contributed by atoms with Crippen molar-refractivity contribution in [1.29, 1.82) is 0 Å². The lowest BCUT2D eigenvalue weighted by atomic mass is 10.1. The molecule has 2 unspecified atom stereocenters. The van der Waals surface area contributed by atoms with Gasteiger partial charge in [-0.25, -0.2) is 4.98 Å². The van der Waals surface area contributed by atoms with Gasteiger partial charge < -0.3 is 11.1 Å². The van der Waals surface area contributed by atoms with Crippen molar-refractivity contribution in [3.63, 3.8) is 0 Å². The van der Waals surface area contributed by atoms with E-state index >= 15 is 0 Å². The van der Waals surface area contributed by atoms with Gasteiger partial charge in [0.2, 0.25) is 0 Å². The van der Waals surface area contributed by atoms with Gasteiger partial charge in [0.25, 0.3) is 0 Å². The van der Waals surface area contributed by atoms with Gasteiger partial charge in [-0.2, -0.15) is 0 Å². The van der Waals surface area contributed by atoms with Crippen LogP contribution in [-0.2, 0) is 0 Å². The summed E-state index contributed by atoms with van der Waals surface area (Å²) >= 11 is 4.88. The molecule has 0 radical (unpaired) electrons. The van der Waals surface area contributed by atoms with Crippen LogP contribution in [-0.4, -0.2) is 16.0 Å². The molecule has 1 aliphatic carbocycles. The molecule has 1 fully saturated rings. The topological polar surface area (TPSA) is 50.9 Å². The first-order chi connectivity index (χ1) is 7.66. The van der Waals surface area contributed by atoms with Crippen LogP contribution >= 0.6 is 12.2 Å². The number of anilines is 1. The van der Waals surface area contributed by atoms with E-state index in [1.54, 1.807) is 6.20 Å². The fourth-order valence-electron chi connectivity index (χ4n) is 2.17. The molecular weight excluding hydrogens is 218 g/mol. The van der Waals surface area contributed by atoms with Crippen molar-refractivity contribution < 1.29 is 0 Å². The number of hydrogen-bond acceptors (Lipinski definition) is 3. The Morgan fingerprint density at radius 3 is 2.81 bits per heavy atom. The normalized spacial score (nSPS) is 24.3. The third-order valence-electron chi connectivity index (χ3n) is 3.24. The second-order valence-corrected chi connectivity index (χ2v) is 4.90. The summed E-state index contributed by atoms with van der Waals surface area (Å²) in [6.07, 6.45) is 5.58. The molecule has 0 bridgehead atoms. The molecule has 2 atom stereocenters. The van der Waals surface area contributed by atoms with Gasteiger partial charge >= 0.3 is 0 Å². The van der Waals surface area contributed by atoms with Crippen molar-refractivity contribution in [3.8, 4) is 0 Å². The molecule has 0 spiro atoms. The van der Waals surface area contributed by atoms with Crippen LogP contribution in [0.15, 0.2) is 18.3 Å². The van der Waals surface area contributed by atoms with E-state index in [4.69, 9.17) is 18.0 Å². The highest BCUT2D eigenvalue weighted by molar-refractivity contribution is 7.80. The van der Waals surface area contributed by atoms with Gasteiger partial charge in [-0.3, -0.25) is 0 Å². The summed E-state index contributed by atoms with van der Waals surface area (Å²) in [5, 5.41) is 3.46. The van der Waals surface area contributed by atoms with Gasteiger partial charge in [0.15, 0.2) is 0 Å². The van der Waals surface area contributed by atoms with Crippen LogP contribution in [0.2, 0.25) is 0 Å². The molecule has 0 aromatic carbocycles. The maximum atomic E-state index is 5.52. The van der Waals surface area contributed by atoms with Crippen LogP contribution in [0.5, 0.6) is 0 Å². The fourth-order valence-corrected chi connectivity index (χ4v) is 2.30. The standard InChI is InChI=1S/C12H17N3S/c1-8-3-2-4-10(8)15-11-6-5-9(7-14-11)12(13)16/h5-8,10H,2-4H2,1H3,(H2,13,16)(H,14,15). The Morgan fingerprint density at radius 2 is 2.31 bits per heavy atom. The quantitative estimate of drug-likeness (QED) is 0.789.